The van der Waals surface area contributed by atoms with Gasteiger partial charge < -0.3 is 5.73 Å². The van der Waals surface area contributed by atoms with Crippen LogP contribution in [0, 0.1) is 27.7 Å². The molecule has 0 amide bonds. The fraction of sp³-hybridized carbons (Fsp3) is 0.400. The average Bonchev–Trinajstić information content (AvgIpc) is 2.42. The van der Waals surface area contributed by atoms with Gasteiger partial charge in [-0.1, -0.05) is 0 Å². The van der Waals surface area contributed by atoms with E-state index in [2.05, 4.69) is 10.1 Å². The molecule has 0 unspecified atom stereocenters. The minimum Gasteiger partial charge on any atom is -0.383 e. The quantitative estimate of drug-likeness (QED) is 0.685. The molecule has 0 atom stereocenters. The van der Waals surface area contributed by atoms with Gasteiger partial charge in [0.1, 0.15) is 5.82 Å². The molecule has 0 fully saturated rings. The highest BCUT2D eigenvalue weighted by molar-refractivity contribution is 5.57. The van der Waals surface area contributed by atoms with Gasteiger partial charge in [0.05, 0.1) is 5.69 Å². The van der Waals surface area contributed by atoms with Crippen LogP contribution in [0.1, 0.15) is 22.5 Å². The number of anilines is 1. The number of aryl methyl sites for hydroxylation is 3. The molecule has 4 heteroatoms. The zero-order chi connectivity index (χ0) is 10.5. The van der Waals surface area contributed by atoms with Crippen LogP contribution in [0.5, 0.6) is 0 Å². The fourth-order valence-electron chi connectivity index (χ4n) is 1.48. The Bertz CT molecular complexity index is 511. The lowest BCUT2D eigenvalue weighted by Crippen LogP contribution is -2.05. The van der Waals surface area contributed by atoms with Gasteiger partial charge in [-0.2, -0.15) is 9.61 Å². The summed E-state index contributed by atoms with van der Waals surface area (Å²) in [5, 5.41) is 4.34. The summed E-state index contributed by atoms with van der Waals surface area (Å²) in [6.07, 6.45) is 0. The largest absolute Gasteiger partial charge is 0.383 e. The van der Waals surface area contributed by atoms with Crippen LogP contribution in [0.3, 0.4) is 0 Å². The van der Waals surface area contributed by atoms with Crippen molar-refractivity contribution in [2.45, 2.75) is 27.7 Å². The molecule has 74 valence electrons. The molecule has 0 spiro atoms. The van der Waals surface area contributed by atoms with Gasteiger partial charge in [-0.05, 0) is 27.7 Å². The van der Waals surface area contributed by atoms with Crippen molar-refractivity contribution in [3.8, 4) is 0 Å². The lowest BCUT2D eigenvalue weighted by Gasteiger charge is -2.05. The Morgan fingerprint density at radius 1 is 1.00 bits per heavy atom. The van der Waals surface area contributed by atoms with Crippen LogP contribution in [-0.2, 0) is 0 Å². The molecule has 0 radical (unpaired) electrons. The van der Waals surface area contributed by atoms with Gasteiger partial charge >= 0.3 is 0 Å². The normalized spacial score (nSPS) is 11.1. The first kappa shape index (κ1) is 8.99. The first-order valence-electron chi connectivity index (χ1n) is 4.61. The molecule has 2 heterocycles. The second-order valence-corrected chi connectivity index (χ2v) is 3.65. The molecule has 0 bridgehead atoms. The van der Waals surface area contributed by atoms with Gasteiger partial charge in [0, 0.05) is 16.8 Å². The SMILES string of the molecule is Cc1nc2c(C)c(C)nn2c(N)c1C. The Morgan fingerprint density at radius 2 is 1.64 bits per heavy atom. The van der Waals surface area contributed by atoms with E-state index >= 15 is 0 Å². The smallest absolute Gasteiger partial charge is 0.160 e. The van der Waals surface area contributed by atoms with Gasteiger partial charge in [-0.25, -0.2) is 4.98 Å². The standard InChI is InChI=1S/C10H14N4/c1-5-7(3)12-10-6(2)8(4)13-14(10)9(5)11/h11H2,1-4H3. The highest BCUT2D eigenvalue weighted by Gasteiger charge is 2.11. The van der Waals surface area contributed by atoms with Crippen molar-refractivity contribution in [2.24, 2.45) is 0 Å². The van der Waals surface area contributed by atoms with Gasteiger partial charge in [0.2, 0.25) is 0 Å². The molecule has 0 saturated heterocycles. The highest BCUT2D eigenvalue weighted by atomic mass is 15.3. The molecule has 2 rings (SSSR count). The van der Waals surface area contributed by atoms with Gasteiger partial charge in [0.25, 0.3) is 0 Å². The van der Waals surface area contributed by atoms with Crippen molar-refractivity contribution < 1.29 is 0 Å². The third-order valence-electron chi connectivity index (χ3n) is 2.76. The Hall–Kier alpha value is -1.58. The number of hydrogen-bond donors (Lipinski definition) is 1. The van der Waals surface area contributed by atoms with E-state index in [1.54, 1.807) is 4.52 Å². The second-order valence-electron chi connectivity index (χ2n) is 3.65. The molecule has 0 aliphatic carbocycles. The monoisotopic (exact) mass is 190 g/mol. The topological polar surface area (TPSA) is 56.2 Å². The summed E-state index contributed by atoms with van der Waals surface area (Å²) >= 11 is 0. The van der Waals surface area contributed by atoms with Gasteiger partial charge in [-0.3, -0.25) is 0 Å². The van der Waals surface area contributed by atoms with Crippen LogP contribution >= 0.6 is 0 Å². The Morgan fingerprint density at radius 3 is 2.29 bits per heavy atom. The van der Waals surface area contributed by atoms with Gasteiger partial charge in [-0.15, -0.1) is 0 Å². The van der Waals surface area contributed by atoms with E-state index < -0.39 is 0 Å². The third kappa shape index (κ3) is 0.999. The van der Waals surface area contributed by atoms with E-state index in [1.807, 2.05) is 27.7 Å². The first-order valence-corrected chi connectivity index (χ1v) is 4.61. The van der Waals surface area contributed by atoms with E-state index in [0.29, 0.717) is 5.82 Å². The van der Waals surface area contributed by atoms with E-state index in [0.717, 1.165) is 28.2 Å². The summed E-state index contributed by atoms with van der Waals surface area (Å²) in [5.74, 6) is 0.684. The van der Waals surface area contributed by atoms with Crippen molar-refractivity contribution in [3.05, 3.63) is 22.5 Å². The van der Waals surface area contributed by atoms with E-state index in [9.17, 15) is 0 Å². The number of fused-ring (bicyclic) bond motifs is 1. The molecule has 2 N–H and O–H groups in total. The van der Waals surface area contributed by atoms with Crippen molar-refractivity contribution in [1.29, 1.82) is 0 Å². The highest BCUT2D eigenvalue weighted by Crippen LogP contribution is 2.19. The molecular formula is C10H14N4. The molecule has 0 aromatic carbocycles. The molecule has 0 aliphatic heterocycles. The van der Waals surface area contributed by atoms with E-state index in [4.69, 9.17) is 5.73 Å². The predicted octanol–water partition coefficient (Wildman–Crippen LogP) is 1.55. The summed E-state index contributed by atoms with van der Waals surface area (Å²) in [6.45, 7) is 7.91. The maximum atomic E-state index is 5.96. The molecular weight excluding hydrogens is 176 g/mol. The van der Waals surface area contributed by atoms with Crippen LogP contribution in [0.15, 0.2) is 0 Å². The molecule has 2 aromatic rings. The number of hydrogen-bond acceptors (Lipinski definition) is 3. The molecule has 0 saturated carbocycles. The van der Waals surface area contributed by atoms with Gasteiger partial charge in [0.15, 0.2) is 5.65 Å². The Labute approximate surface area is 82.8 Å². The molecule has 4 nitrogen and oxygen atoms in total. The summed E-state index contributed by atoms with van der Waals surface area (Å²) in [4.78, 5) is 4.48. The van der Waals surface area contributed by atoms with E-state index in [1.165, 1.54) is 0 Å². The number of rotatable bonds is 0. The number of nitrogen functional groups attached to an aromatic ring is 1. The van der Waals surface area contributed by atoms with Crippen molar-refractivity contribution in [3.63, 3.8) is 0 Å². The van der Waals surface area contributed by atoms with Crippen LogP contribution in [0.4, 0.5) is 5.82 Å². The van der Waals surface area contributed by atoms with Crippen LogP contribution < -0.4 is 5.73 Å². The maximum absolute atomic E-state index is 5.96. The molecule has 14 heavy (non-hydrogen) atoms. The minimum absolute atomic E-state index is 0.684. The average molecular weight is 190 g/mol. The fourth-order valence-corrected chi connectivity index (χ4v) is 1.48. The zero-order valence-corrected chi connectivity index (χ0v) is 8.92. The number of nitrogens with two attached hydrogens (primary N) is 1. The lowest BCUT2D eigenvalue weighted by atomic mass is 10.2. The second kappa shape index (κ2) is 2.70. The van der Waals surface area contributed by atoms with Crippen molar-refractivity contribution in [1.82, 2.24) is 14.6 Å². The Kier molecular flexibility index (Phi) is 1.74. The summed E-state index contributed by atoms with van der Waals surface area (Å²) in [6, 6.07) is 0. The van der Waals surface area contributed by atoms with Crippen LogP contribution in [0.2, 0.25) is 0 Å². The summed E-state index contributed by atoms with van der Waals surface area (Å²) in [7, 11) is 0. The molecule has 0 aliphatic rings. The predicted molar refractivity (Wildman–Crippen MR) is 56.3 cm³/mol. The van der Waals surface area contributed by atoms with Crippen molar-refractivity contribution >= 4 is 11.5 Å². The maximum Gasteiger partial charge on any atom is 0.160 e. The first-order chi connectivity index (χ1) is 6.52. The molecule has 2 aromatic heterocycles. The number of nitrogens with zero attached hydrogens (tertiary/aromatic N) is 3. The lowest BCUT2D eigenvalue weighted by molar-refractivity contribution is 0.910. The van der Waals surface area contributed by atoms with E-state index in [-0.39, 0.29) is 0 Å². The van der Waals surface area contributed by atoms with Crippen LogP contribution in [-0.4, -0.2) is 14.6 Å². The third-order valence-corrected chi connectivity index (χ3v) is 2.76. The minimum atomic E-state index is 0.684. The number of aromatic nitrogens is 3. The van der Waals surface area contributed by atoms with Crippen LogP contribution in [0.25, 0.3) is 5.65 Å². The Balaban J connectivity index is 2.98. The summed E-state index contributed by atoms with van der Waals surface area (Å²) in [5.41, 5.74) is 10.9. The zero-order valence-electron chi connectivity index (χ0n) is 8.92. The van der Waals surface area contributed by atoms with Crippen molar-refractivity contribution in [2.75, 3.05) is 5.73 Å². The summed E-state index contributed by atoms with van der Waals surface area (Å²) < 4.78 is 1.72.